The second-order valence-corrected chi connectivity index (χ2v) is 2.64. The van der Waals surface area contributed by atoms with Crippen LogP contribution in [-0.4, -0.2) is 21.7 Å². The number of fused-ring (bicyclic) bond motifs is 1. The molecule has 0 N–H and O–H groups in total. The fourth-order valence-electron chi connectivity index (χ4n) is 0.998. The van der Waals surface area contributed by atoms with Crippen molar-refractivity contribution < 1.29 is 4.74 Å². The molecule has 0 fully saturated rings. The number of methoxy groups -OCH3 is 1. The van der Waals surface area contributed by atoms with Crippen molar-refractivity contribution in [2.24, 2.45) is 0 Å². The van der Waals surface area contributed by atoms with E-state index in [0.29, 0.717) is 16.4 Å². The summed E-state index contributed by atoms with van der Waals surface area (Å²) in [4.78, 5) is 0. The van der Waals surface area contributed by atoms with Gasteiger partial charge in [0.1, 0.15) is 17.1 Å². The fraction of sp³-hybridized carbons (Fsp3) is 0.143. The molecule has 5 heteroatoms. The molecule has 62 valence electrons. The van der Waals surface area contributed by atoms with Crippen molar-refractivity contribution in [2.45, 2.75) is 0 Å². The van der Waals surface area contributed by atoms with Crippen molar-refractivity contribution in [3.8, 4) is 5.75 Å². The molecule has 0 saturated carbocycles. The van der Waals surface area contributed by atoms with E-state index in [9.17, 15) is 0 Å². The highest BCUT2D eigenvalue weighted by atomic mass is 35.5. The molecule has 0 unspecified atom stereocenters. The molecule has 0 aromatic carbocycles. The van der Waals surface area contributed by atoms with Gasteiger partial charge in [0.15, 0.2) is 5.65 Å². The maximum Gasteiger partial charge on any atom is 0.183 e. The van der Waals surface area contributed by atoms with E-state index < -0.39 is 0 Å². The summed E-state index contributed by atoms with van der Waals surface area (Å²) in [5.74, 6) is 0.608. The van der Waals surface area contributed by atoms with E-state index in [0.717, 1.165) is 0 Å². The molecule has 2 aromatic heterocycles. The van der Waals surface area contributed by atoms with Gasteiger partial charge in [0.25, 0.3) is 0 Å². The predicted octanol–water partition coefficient (Wildman–Crippen LogP) is 1.39. The number of nitrogens with zero attached hydrogens (tertiary/aromatic N) is 3. The Kier molecular flexibility index (Phi) is 1.62. The third kappa shape index (κ3) is 0.921. The summed E-state index contributed by atoms with van der Waals surface area (Å²) in [7, 11) is 1.56. The zero-order valence-corrected chi connectivity index (χ0v) is 7.12. The zero-order valence-electron chi connectivity index (χ0n) is 6.36. The van der Waals surface area contributed by atoms with Gasteiger partial charge in [0.05, 0.1) is 7.11 Å². The molecule has 2 heterocycles. The van der Waals surface area contributed by atoms with Crippen molar-refractivity contribution in [2.75, 3.05) is 7.11 Å². The molecule has 0 atom stereocenters. The Morgan fingerprint density at radius 1 is 1.58 bits per heavy atom. The van der Waals surface area contributed by atoms with Gasteiger partial charge in [-0.1, -0.05) is 11.6 Å². The monoisotopic (exact) mass is 183 g/mol. The number of aromatic nitrogens is 3. The summed E-state index contributed by atoms with van der Waals surface area (Å²) < 4.78 is 6.74. The van der Waals surface area contributed by atoms with Gasteiger partial charge >= 0.3 is 0 Å². The van der Waals surface area contributed by atoms with E-state index in [4.69, 9.17) is 16.3 Å². The van der Waals surface area contributed by atoms with E-state index in [1.54, 1.807) is 30.1 Å². The van der Waals surface area contributed by atoms with Crippen molar-refractivity contribution in [1.29, 1.82) is 0 Å². The average molecular weight is 184 g/mol. The van der Waals surface area contributed by atoms with Crippen LogP contribution in [0.1, 0.15) is 0 Å². The molecule has 4 nitrogen and oxygen atoms in total. The van der Waals surface area contributed by atoms with Crippen LogP contribution in [0.5, 0.6) is 5.75 Å². The van der Waals surface area contributed by atoms with Crippen molar-refractivity contribution in [3.63, 3.8) is 0 Å². The lowest BCUT2D eigenvalue weighted by molar-refractivity contribution is 0.415. The lowest BCUT2D eigenvalue weighted by atomic mass is 10.4. The molecular weight excluding hydrogens is 178 g/mol. The fourth-order valence-corrected chi connectivity index (χ4v) is 1.27. The molecular formula is C7H6ClN3O. The Balaban J connectivity index is 2.78. The summed E-state index contributed by atoms with van der Waals surface area (Å²) in [6.07, 6.45) is 3.38. The first-order valence-corrected chi connectivity index (χ1v) is 3.72. The normalized spacial score (nSPS) is 10.5. The Hall–Kier alpha value is -1.29. The Labute approximate surface area is 73.7 Å². The predicted molar refractivity (Wildman–Crippen MR) is 44.5 cm³/mol. The second kappa shape index (κ2) is 2.64. The smallest absolute Gasteiger partial charge is 0.183 e. The average Bonchev–Trinajstić information content (AvgIpc) is 2.53. The van der Waals surface area contributed by atoms with Gasteiger partial charge in [-0.15, -0.1) is 10.2 Å². The van der Waals surface area contributed by atoms with Crippen LogP contribution in [0.15, 0.2) is 18.6 Å². The first-order chi connectivity index (χ1) is 5.83. The molecule has 0 aliphatic carbocycles. The van der Waals surface area contributed by atoms with Crippen molar-refractivity contribution >= 4 is 17.2 Å². The maximum absolute atomic E-state index is 5.93. The van der Waals surface area contributed by atoms with Crippen LogP contribution in [0.2, 0.25) is 5.02 Å². The standard InChI is InChI=1S/C7H6ClN3O/c1-12-5-2-3-11-4-9-10-7(11)6(5)8/h2-4H,1H3. The molecule has 0 spiro atoms. The molecule has 0 saturated heterocycles. The lowest BCUT2D eigenvalue weighted by Crippen LogP contribution is -1.88. The third-order valence-corrected chi connectivity index (χ3v) is 1.95. The van der Waals surface area contributed by atoms with Gasteiger partial charge in [-0.05, 0) is 6.07 Å². The van der Waals surface area contributed by atoms with Gasteiger partial charge in [0.2, 0.25) is 0 Å². The van der Waals surface area contributed by atoms with Crippen LogP contribution in [0.25, 0.3) is 5.65 Å². The number of ether oxygens (including phenoxy) is 1. The van der Waals surface area contributed by atoms with E-state index >= 15 is 0 Å². The largest absolute Gasteiger partial charge is 0.495 e. The summed E-state index contributed by atoms with van der Waals surface area (Å²) in [6, 6.07) is 1.76. The summed E-state index contributed by atoms with van der Waals surface area (Å²) in [5, 5.41) is 8.02. The third-order valence-electron chi connectivity index (χ3n) is 1.59. The van der Waals surface area contributed by atoms with Crippen LogP contribution in [0.3, 0.4) is 0 Å². The highest BCUT2D eigenvalue weighted by Crippen LogP contribution is 2.26. The van der Waals surface area contributed by atoms with Gasteiger partial charge < -0.3 is 4.74 Å². The molecule has 0 radical (unpaired) electrons. The zero-order chi connectivity index (χ0) is 8.55. The lowest BCUT2D eigenvalue weighted by Gasteiger charge is -2.01. The van der Waals surface area contributed by atoms with Gasteiger partial charge in [-0.3, -0.25) is 4.40 Å². The van der Waals surface area contributed by atoms with Crippen molar-refractivity contribution in [1.82, 2.24) is 14.6 Å². The molecule has 0 bridgehead atoms. The first-order valence-electron chi connectivity index (χ1n) is 3.35. The summed E-state index contributed by atoms with van der Waals surface area (Å²) in [5.41, 5.74) is 0.607. The van der Waals surface area contributed by atoms with E-state index in [1.165, 1.54) is 0 Å². The number of hydrogen-bond donors (Lipinski definition) is 0. The summed E-state index contributed by atoms with van der Waals surface area (Å²) >= 11 is 5.93. The van der Waals surface area contributed by atoms with Crippen LogP contribution in [0, 0.1) is 0 Å². The maximum atomic E-state index is 5.93. The number of hydrogen-bond acceptors (Lipinski definition) is 3. The Morgan fingerprint density at radius 2 is 2.42 bits per heavy atom. The van der Waals surface area contributed by atoms with Gasteiger partial charge in [-0.2, -0.15) is 0 Å². The van der Waals surface area contributed by atoms with Crippen molar-refractivity contribution in [3.05, 3.63) is 23.6 Å². The first kappa shape index (κ1) is 7.36. The summed E-state index contributed by atoms with van der Waals surface area (Å²) in [6.45, 7) is 0. The second-order valence-electron chi connectivity index (χ2n) is 2.26. The minimum atomic E-state index is 0.484. The quantitative estimate of drug-likeness (QED) is 0.671. The minimum absolute atomic E-state index is 0.484. The Morgan fingerprint density at radius 3 is 3.17 bits per heavy atom. The van der Waals surface area contributed by atoms with Crippen LogP contribution < -0.4 is 4.74 Å². The molecule has 0 aliphatic heterocycles. The topological polar surface area (TPSA) is 39.4 Å². The Bertz CT molecular complexity index is 412. The van der Waals surface area contributed by atoms with Gasteiger partial charge in [0, 0.05) is 6.20 Å². The van der Waals surface area contributed by atoms with Crippen LogP contribution in [-0.2, 0) is 0 Å². The van der Waals surface area contributed by atoms with E-state index in [1.807, 2.05) is 0 Å². The van der Waals surface area contributed by atoms with E-state index in [-0.39, 0.29) is 0 Å². The molecule has 2 aromatic rings. The molecule has 0 aliphatic rings. The number of pyridine rings is 1. The SMILES string of the molecule is COc1ccn2cnnc2c1Cl. The van der Waals surface area contributed by atoms with Crippen LogP contribution >= 0.6 is 11.6 Å². The number of rotatable bonds is 1. The minimum Gasteiger partial charge on any atom is -0.495 e. The van der Waals surface area contributed by atoms with Gasteiger partial charge in [-0.25, -0.2) is 0 Å². The van der Waals surface area contributed by atoms with E-state index in [2.05, 4.69) is 10.2 Å². The highest BCUT2D eigenvalue weighted by Gasteiger charge is 2.06. The molecule has 12 heavy (non-hydrogen) atoms. The molecule has 2 rings (SSSR count). The highest BCUT2D eigenvalue weighted by molar-refractivity contribution is 6.34. The molecule has 0 amide bonds. The number of halogens is 1. The van der Waals surface area contributed by atoms with Crippen LogP contribution in [0.4, 0.5) is 0 Å².